The molecule has 0 radical (unpaired) electrons. The summed E-state index contributed by atoms with van der Waals surface area (Å²) in [7, 11) is 4.33. The van der Waals surface area contributed by atoms with Gasteiger partial charge in [0.1, 0.15) is 0 Å². The van der Waals surface area contributed by atoms with Crippen molar-refractivity contribution in [2.75, 3.05) is 47.2 Å². The summed E-state index contributed by atoms with van der Waals surface area (Å²) < 4.78 is 16.7. The van der Waals surface area contributed by atoms with Crippen LogP contribution in [-0.2, 0) is 11.3 Å². The molecule has 5 heteroatoms. The highest BCUT2D eigenvalue weighted by molar-refractivity contribution is 5.44. The third-order valence-corrected chi connectivity index (χ3v) is 5.19. The lowest BCUT2D eigenvalue weighted by Gasteiger charge is -2.37. The summed E-state index contributed by atoms with van der Waals surface area (Å²) in [5.74, 6) is 3.12. The van der Waals surface area contributed by atoms with Gasteiger partial charge in [-0.25, -0.2) is 0 Å². The fourth-order valence-electron chi connectivity index (χ4n) is 4.02. The number of likely N-dealkylation sites (N-methyl/N-ethyl adjacent to an activating group) is 1. The van der Waals surface area contributed by atoms with Gasteiger partial charge in [-0.3, -0.25) is 4.90 Å². The van der Waals surface area contributed by atoms with Crippen LogP contribution >= 0.6 is 0 Å². The number of hydrogen-bond acceptors (Lipinski definition) is 5. The van der Waals surface area contributed by atoms with Crippen LogP contribution in [0.3, 0.4) is 0 Å². The lowest BCUT2D eigenvalue weighted by atomic mass is 9.87. The Balaban J connectivity index is 1.44. The lowest BCUT2D eigenvalue weighted by Crippen LogP contribution is -2.47. The molecule has 0 unspecified atom stereocenters. The van der Waals surface area contributed by atoms with Crippen molar-refractivity contribution in [3.63, 3.8) is 0 Å². The van der Waals surface area contributed by atoms with Gasteiger partial charge in [0.25, 0.3) is 0 Å². The fraction of sp³-hybridized carbons (Fsp3) is 0.647. The summed E-state index contributed by atoms with van der Waals surface area (Å²) in [4.78, 5) is 4.87. The van der Waals surface area contributed by atoms with Crippen LogP contribution in [-0.4, -0.2) is 63.0 Å². The molecular formula is C17H24N2O3. The largest absolute Gasteiger partial charge is 0.454 e. The Hall–Kier alpha value is -1.30. The zero-order valence-corrected chi connectivity index (χ0v) is 13.3. The van der Waals surface area contributed by atoms with Gasteiger partial charge in [-0.15, -0.1) is 0 Å². The van der Waals surface area contributed by atoms with E-state index < -0.39 is 0 Å². The highest BCUT2D eigenvalue weighted by atomic mass is 16.7. The van der Waals surface area contributed by atoms with Gasteiger partial charge < -0.3 is 19.1 Å². The molecule has 2 fully saturated rings. The molecular weight excluding hydrogens is 280 g/mol. The molecule has 0 amide bonds. The number of ether oxygens (including phenoxy) is 3. The van der Waals surface area contributed by atoms with Crippen molar-refractivity contribution in [2.24, 2.45) is 11.8 Å². The van der Waals surface area contributed by atoms with Crippen molar-refractivity contribution in [3.8, 4) is 11.5 Å². The molecule has 0 saturated carbocycles. The molecule has 0 aliphatic carbocycles. The van der Waals surface area contributed by atoms with E-state index in [0.29, 0.717) is 18.8 Å². The summed E-state index contributed by atoms with van der Waals surface area (Å²) in [6, 6.07) is 6.83. The van der Waals surface area contributed by atoms with Crippen LogP contribution in [0.1, 0.15) is 5.56 Å². The molecule has 0 bridgehead atoms. The molecule has 0 aromatic heterocycles. The van der Waals surface area contributed by atoms with E-state index in [1.54, 1.807) is 0 Å². The Morgan fingerprint density at radius 3 is 2.86 bits per heavy atom. The maximum Gasteiger partial charge on any atom is 0.231 e. The third-order valence-electron chi connectivity index (χ3n) is 5.19. The maximum absolute atomic E-state index is 5.81. The highest BCUT2D eigenvalue weighted by Gasteiger charge is 2.41. The Labute approximate surface area is 131 Å². The minimum absolute atomic E-state index is 0.342. The molecule has 3 atom stereocenters. The minimum Gasteiger partial charge on any atom is -0.454 e. The first-order valence-electron chi connectivity index (χ1n) is 8.06. The monoisotopic (exact) mass is 304 g/mol. The van der Waals surface area contributed by atoms with Crippen LogP contribution in [0.2, 0.25) is 0 Å². The highest BCUT2D eigenvalue weighted by Crippen LogP contribution is 2.35. The number of benzene rings is 1. The van der Waals surface area contributed by atoms with Gasteiger partial charge in [0.2, 0.25) is 6.79 Å². The Morgan fingerprint density at radius 2 is 2.00 bits per heavy atom. The molecule has 2 saturated heterocycles. The van der Waals surface area contributed by atoms with E-state index >= 15 is 0 Å². The van der Waals surface area contributed by atoms with E-state index in [0.717, 1.165) is 50.3 Å². The normalized spacial score (nSPS) is 30.8. The van der Waals surface area contributed by atoms with Crippen LogP contribution in [0, 0.1) is 11.8 Å². The molecule has 0 N–H and O–H groups in total. The predicted octanol–water partition coefficient (Wildman–Crippen LogP) is 1.42. The van der Waals surface area contributed by atoms with Crippen molar-refractivity contribution < 1.29 is 14.2 Å². The van der Waals surface area contributed by atoms with Crippen LogP contribution in [0.15, 0.2) is 18.2 Å². The van der Waals surface area contributed by atoms with Crippen molar-refractivity contribution in [3.05, 3.63) is 23.8 Å². The predicted molar refractivity (Wildman–Crippen MR) is 83.1 cm³/mol. The molecule has 3 heterocycles. The van der Waals surface area contributed by atoms with Crippen LogP contribution < -0.4 is 9.47 Å². The second-order valence-corrected chi connectivity index (χ2v) is 6.87. The average Bonchev–Trinajstić information content (AvgIpc) is 3.11. The molecule has 3 aliphatic heterocycles. The van der Waals surface area contributed by atoms with Gasteiger partial charge >= 0.3 is 0 Å². The Kier molecular flexibility index (Phi) is 3.72. The van der Waals surface area contributed by atoms with Crippen molar-refractivity contribution in [2.45, 2.75) is 12.6 Å². The van der Waals surface area contributed by atoms with E-state index in [1.165, 1.54) is 5.56 Å². The van der Waals surface area contributed by atoms with Gasteiger partial charge in [0.05, 0.1) is 13.2 Å². The first-order valence-corrected chi connectivity index (χ1v) is 8.06. The Bertz CT molecular complexity index is 549. The van der Waals surface area contributed by atoms with E-state index in [2.05, 4.69) is 36.0 Å². The number of nitrogens with zero attached hydrogens (tertiary/aromatic N) is 2. The van der Waals surface area contributed by atoms with Gasteiger partial charge in [-0.2, -0.15) is 0 Å². The second-order valence-electron chi connectivity index (χ2n) is 6.87. The number of rotatable bonds is 3. The molecule has 5 nitrogen and oxygen atoms in total. The summed E-state index contributed by atoms with van der Waals surface area (Å²) >= 11 is 0. The van der Waals surface area contributed by atoms with E-state index in [1.807, 2.05) is 6.07 Å². The van der Waals surface area contributed by atoms with Crippen LogP contribution in [0.4, 0.5) is 0 Å². The molecule has 22 heavy (non-hydrogen) atoms. The van der Waals surface area contributed by atoms with Crippen molar-refractivity contribution in [1.82, 2.24) is 9.80 Å². The molecule has 0 spiro atoms. The molecule has 1 aromatic carbocycles. The summed E-state index contributed by atoms with van der Waals surface area (Å²) in [5, 5.41) is 0. The second kappa shape index (κ2) is 5.72. The van der Waals surface area contributed by atoms with Gasteiger partial charge in [0.15, 0.2) is 11.5 Å². The topological polar surface area (TPSA) is 34.2 Å². The number of hydrogen-bond donors (Lipinski definition) is 0. The zero-order valence-electron chi connectivity index (χ0n) is 13.3. The van der Waals surface area contributed by atoms with E-state index in [9.17, 15) is 0 Å². The summed E-state index contributed by atoms with van der Waals surface area (Å²) in [6.45, 7) is 5.38. The standard InChI is InChI=1S/C17H24N2O3/c1-18(2)15-10-20-9-13-7-19(8-14(13)15)6-12-3-4-16-17(5-12)22-11-21-16/h3-5,13-15H,6-11H2,1-2H3/t13-,14-,15-/m1/s1. The smallest absolute Gasteiger partial charge is 0.231 e. The summed E-state index contributed by atoms with van der Waals surface area (Å²) in [6.07, 6.45) is 0. The van der Waals surface area contributed by atoms with Gasteiger partial charge in [-0.05, 0) is 37.7 Å². The SMILES string of the molecule is CN(C)[C@@H]1COC[C@H]2CN(Cc3ccc4c(c3)OCO4)C[C@H]21. The van der Waals surface area contributed by atoms with Crippen molar-refractivity contribution in [1.29, 1.82) is 0 Å². The summed E-state index contributed by atoms with van der Waals surface area (Å²) in [5.41, 5.74) is 1.30. The number of fused-ring (bicyclic) bond motifs is 2. The quantitative estimate of drug-likeness (QED) is 0.844. The Morgan fingerprint density at radius 1 is 1.14 bits per heavy atom. The lowest BCUT2D eigenvalue weighted by molar-refractivity contribution is -0.0229. The first kappa shape index (κ1) is 14.3. The number of likely N-dealkylation sites (tertiary alicyclic amines) is 1. The third kappa shape index (κ3) is 2.57. The molecule has 4 rings (SSSR count). The van der Waals surface area contributed by atoms with Crippen LogP contribution in [0.25, 0.3) is 0 Å². The van der Waals surface area contributed by atoms with E-state index in [-0.39, 0.29) is 0 Å². The van der Waals surface area contributed by atoms with Gasteiger partial charge in [0, 0.05) is 31.6 Å². The van der Waals surface area contributed by atoms with Crippen molar-refractivity contribution >= 4 is 0 Å². The first-order chi connectivity index (χ1) is 10.7. The fourth-order valence-corrected chi connectivity index (χ4v) is 4.02. The molecule has 3 aliphatic rings. The van der Waals surface area contributed by atoms with Crippen LogP contribution in [0.5, 0.6) is 11.5 Å². The van der Waals surface area contributed by atoms with Gasteiger partial charge in [-0.1, -0.05) is 6.07 Å². The molecule has 120 valence electrons. The van der Waals surface area contributed by atoms with E-state index in [4.69, 9.17) is 14.2 Å². The zero-order chi connectivity index (χ0) is 15.1. The average molecular weight is 304 g/mol. The molecule has 1 aromatic rings. The maximum atomic E-state index is 5.81. The minimum atomic E-state index is 0.342.